The highest BCUT2D eigenvalue weighted by Gasteiger charge is 2.35. The van der Waals surface area contributed by atoms with Gasteiger partial charge in [0, 0.05) is 37.9 Å². The van der Waals surface area contributed by atoms with E-state index in [-0.39, 0.29) is 6.03 Å². The van der Waals surface area contributed by atoms with Gasteiger partial charge in [0.25, 0.3) is 0 Å². The van der Waals surface area contributed by atoms with E-state index in [9.17, 15) is 4.79 Å². The molecule has 2 heterocycles. The third-order valence-corrected chi connectivity index (χ3v) is 5.58. The monoisotopic (exact) mass is 335 g/mol. The van der Waals surface area contributed by atoms with Crippen LogP contribution in [0.4, 0.5) is 10.5 Å². The van der Waals surface area contributed by atoms with Crippen molar-refractivity contribution >= 4 is 11.7 Å². The van der Waals surface area contributed by atoms with Gasteiger partial charge in [-0.15, -0.1) is 0 Å². The molecule has 0 aromatic heterocycles. The van der Waals surface area contributed by atoms with Crippen molar-refractivity contribution in [2.45, 2.75) is 32.9 Å². The van der Waals surface area contributed by atoms with Gasteiger partial charge in [0.1, 0.15) is 0 Å². The van der Waals surface area contributed by atoms with Gasteiger partial charge >= 0.3 is 6.03 Å². The molecule has 4 rings (SSSR count). The lowest BCUT2D eigenvalue weighted by Gasteiger charge is -2.46. The maximum atomic E-state index is 12.4. The van der Waals surface area contributed by atoms with Gasteiger partial charge in [-0.2, -0.15) is 0 Å². The quantitative estimate of drug-likeness (QED) is 0.910. The third kappa shape index (κ3) is 3.27. The van der Waals surface area contributed by atoms with Gasteiger partial charge in [0.05, 0.1) is 0 Å². The highest BCUT2D eigenvalue weighted by Crippen LogP contribution is 2.25. The summed E-state index contributed by atoms with van der Waals surface area (Å²) in [5, 5.41) is 3.02. The van der Waals surface area contributed by atoms with Crippen LogP contribution in [0.5, 0.6) is 0 Å². The molecule has 0 aliphatic carbocycles. The summed E-state index contributed by atoms with van der Waals surface area (Å²) >= 11 is 0. The molecule has 0 bridgehead atoms. The minimum atomic E-state index is 0.0110. The molecule has 2 aromatic carbocycles. The van der Waals surface area contributed by atoms with E-state index >= 15 is 0 Å². The van der Waals surface area contributed by atoms with Crippen LogP contribution in [0.15, 0.2) is 42.5 Å². The fourth-order valence-corrected chi connectivity index (χ4v) is 3.70. The Hall–Kier alpha value is -2.33. The molecule has 2 aromatic rings. The molecule has 0 unspecified atom stereocenters. The van der Waals surface area contributed by atoms with Crippen molar-refractivity contribution in [1.82, 2.24) is 9.80 Å². The molecule has 0 radical (unpaired) electrons. The second kappa shape index (κ2) is 6.52. The van der Waals surface area contributed by atoms with Crippen molar-refractivity contribution in [2.24, 2.45) is 0 Å². The topological polar surface area (TPSA) is 35.6 Å². The number of benzene rings is 2. The summed E-state index contributed by atoms with van der Waals surface area (Å²) in [5.41, 5.74) is 6.23. The maximum absolute atomic E-state index is 12.4. The fraction of sp³-hybridized carbons (Fsp3) is 0.381. The molecule has 4 nitrogen and oxygen atoms in total. The van der Waals surface area contributed by atoms with Crippen LogP contribution in [-0.4, -0.2) is 41.5 Å². The molecule has 0 atom stereocenters. The van der Waals surface area contributed by atoms with Gasteiger partial charge in [-0.3, -0.25) is 4.90 Å². The van der Waals surface area contributed by atoms with Crippen LogP contribution in [0, 0.1) is 13.8 Å². The smallest absolute Gasteiger partial charge is 0.321 e. The fourth-order valence-electron chi connectivity index (χ4n) is 3.70. The molecular formula is C21H25N3O. The van der Waals surface area contributed by atoms with E-state index < -0.39 is 0 Å². The number of fused-ring (bicyclic) bond motifs is 1. The number of aryl methyl sites for hydroxylation is 2. The second-order valence-electron chi connectivity index (χ2n) is 7.28. The Morgan fingerprint density at radius 3 is 2.56 bits per heavy atom. The SMILES string of the molecule is Cc1ccc(NC(=O)N2CC(N3CCc4ccccc4C3)C2)cc1C. The average Bonchev–Trinajstić information content (AvgIpc) is 2.57. The molecule has 4 heteroatoms. The first-order valence-corrected chi connectivity index (χ1v) is 9.04. The largest absolute Gasteiger partial charge is 0.321 e. The first kappa shape index (κ1) is 16.2. The molecule has 0 spiro atoms. The summed E-state index contributed by atoms with van der Waals surface area (Å²) in [4.78, 5) is 16.8. The average molecular weight is 335 g/mol. The standard InChI is InChI=1S/C21H25N3O/c1-15-7-8-19(11-16(15)2)22-21(25)24-13-20(14-24)23-10-9-17-5-3-4-6-18(17)12-23/h3-8,11,20H,9-10,12-14H2,1-2H3,(H,22,25). The minimum absolute atomic E-state index is 0.0110. The van der Waals surface area contributed by atoms with Gasteiger partial charge in [-0.05, 0) is 54.7 Å². The zero-order chi connectivity index (χ0) is 17.4. The second-order valence-corrected chi connectivity index (χ2v) is 7.28. The number of likely N-dealkylation sites (tertiary alicyclic amines) is 1. The van der Waals surface area contributed by atoms with Gasteiger partial charge in [0.15, 0.2) is 0 Å². The Kier molecular flexibility index (Phi) is 4.22. The normalized spacial score (nSPS) is 17.8. The number of hydrogen-bond acceptors (Lipinski definition) is 2. The maximum Gasteiger partial charge on any atom is 0.321 e. The van der Waals surface area contributed by atoms with Gasteiger partial charge in [0.2, 0.25) is 0 Å². The van der Waals surface area contributed by atoms with E-state index in [0.29, 0.717) is 6.04 Å². The minimum Gasteiger partial charge on any atom is -0.321 e. The van der Waals surface area contributed by atoms with Crippen LogP contribution < -0.4 is 5.32 Å². The third-order valence-electron chi connectivity index (χ3n) is 5.58. The molecule has 25 heavy (non-hydrogen) atoms. The molecular weight excluding hydrogens is 310 g/mol. The summed E-state index contributed by atoms with van der Waals surface area (Å²) in [7, 11) is 0. The lowest BCUT2D eigenvalue weighted by Crippen LogP contribution is -2.62. The van der Waals surface area contributed by atoms with E-state index in [4.69, 9.17) is 0 Å². The number of rotatable bonds is 2. The van der Waals surface area contributed by atoms with Crippen LogP contribution in [-0.2, 0) is 13.0 Å². The Balaban J connectivity index is 1.31. The first-order chi connectivity index (χ1) is 12.1. The molecule has 2 aliphatic rings. The van der Waals surface area contributed by atoms with E-state index in [1.165, 1.54) is 22.3 Å². The number of anilines is 1. The van der Waals surface area contributed by atoms with Gasteiger partial charge in [-0.25, -0.2) is 4.79 Å². The van der Waals surface area contributed by atoms with Crippen molar-refractivity contribution in [1.29, 1.82) is 0 Å². The zero-order valence-corrected chi connectivity index (χ0v) is 15.0. The molecule has 1 N–H and O–H groups in total. The molecule has 2 amide bonds. The summed E-state index contributed by atoms with van der Waals surface area (Å²) in [6, 6.07) is 15.3. The van der Waals surface area contributed by atoms with Crippen molar-refractivity contribution < 1.29 is 4.79 Å². The highest BCUT2D eigenvalue weighted by atomic mass is 16.2. The van der Waals surface area contributed by atoms with Crippen LogP contribution in [0.1, 0.15) is 22.3 Å². The Morgan fingerprint density at radius 2 is 1.80 bits per heavy atom. The lowest BCUT2D eigenvalue weighted by atomic mass is 9.97. The summed E-state index contributed by atoms with van der Waals surface area (Å²) in [6.07, 6.45) is 1.11. The molecule has 1 saturated heterocycles. The van der Waals surface area contributed by atoms with Crippen molar-refractivity contribution in [3.63, 3.8) is 0 Å². The summed E-state index contributed by atoms with van der Waals surface area (Å²) < 4.78 is 0. The molecule has 1 fully saturated rings. The summed E-state index contributed by atoms with van der Waals surface area (Å²) in [5.74, 6) is 0. The van der Waals surface area contributed by atoms with E-state index in [1.807, 2.05) is 17.0 Å². The number of hydrogen-bond donors (Lipinski definition) is 1. The van der Waals surface area contributed by atoms with Gasteiger partial charge < -0.3 is 10.2 Å². The Morgan fingerprint density at radius 1 is 1.04 bits per heavy atom. The van der Waals surface area contributed by atoms with Crippen LogP contribution in [0.3, 0.4) is 0 Å². The van der Waals surface area contributed by atoms with Crippen LogP contribution >= 0.6 is 0 Å². The number of urea groups is 1. The number of carbonyl (C=O) groups excluding carboxylic acids is 1. The molecule has 0 saturated carbocycles. The first-order valence-electron chi connectivity index (χ1n) is 9.04. The van der Waals surface area contributed by atoms with E-state index in [2.05, 4.69) is 54.4 Å². The van der Waals surface area contributed by atoms with Crippen LogP contribution in [0.25, 0.3) is 0 Å². The van der Waals surface area contributed by atoms with Crippen LogP contribution in [0.2, 0.25) is 0 Å². The predicted octanol–water partition coefficient (Wildman–Crippen LogP) is 3.58. The Bertz CT molecular complexity index is 795. The number of nitrogens with zero attached hydrogens (tertiary/aromatic N) is 2. The van der Waals surface area contributed by atoms with Crippen molar-refractivity contribution in [2.75, 3.05) is 25.0 Å². The predicted molar refractivity (Wildman–Crippen MR) is 101 cm³/mol. The number of amides is 2. The number of nitrogens with one attached hydrogen (secondary N) is 1. The highest BCUT2D eigenvalue weighted by molar-refractivity contribution is 5.90. The summed E-state index contributed by atoms with van der Waals surface area (Å²) in [6.45, 7) is 7.88. The lowest BCUT2D eigenvalue weighted by molar-refractivity contribution is 0.0528. The van der Waals surface area contributed by atoms with E-state index in [1.54, 1.807) is 0 Å². The number of carbonyl (C=O) groups is 1. The molecule has 2 aliphatic heterocycles. The van der Waals surface area contributed by atoms with E-state index in [0.717, 1.165) is 38.3 Å². The Labute approximate surface area is 149 Å². The van der Waals surface area contributed by atoms with Crippen molar-refractivity contribution in [3.05, 3.63) is 64.7 Å². The molecule has 130 valence electrons. The van der Waals surface area contributed by atoms with Crippen molar-refractivity contribution in [3.8, 4) is 0 Å². The zero-order valence-electron chi connectivity index (χ0n) is 15.0. The van der Waals surface area contributed by atoms with Gasteiger partial charge in [-0.1, -0.05) is 30.3 Å².